The van der Waals surface area contributed by atoms with Crippen molar-refractivity contribution in [2.45, 2.75) is 19.0 Å². The van der Waals surface area contributed by atoms with Gasteiger partial charge in [-0.3, -0.25) is 9.89 Å². The normalized spacial score (nSPS) is 10.9. The maximum atomic E-state index is 13.3. The lowest BCUT2D eigenvalue weighted by atomic mass is 9.96. The van der Waals surface area contributed by atoms with Crippen molar-refractivity contribution in [2.75, 3.05) is 6.54 Å². The van der Waals surface area contributed by atoms with E-state index >= 15 is 0 Å². The lowest BCUT2D eigenvalue weighted by molar-refractivity contribution is -0.137. The van der Waals surface area contributed by atoms with Crippen LogP contribution in [-0.2, 0) is 12.6 Å². The van der Waals surface area contributed by atoms with E-state index in [1.54, 1.807) is 24.3 Å². The first-order valence-corrected chi connectivity index (χ1v) is 10.7. The monoisotopic (exact) mass is 466 g/mol. The number of alkyl halides is 3. The molecule has 0 unspecified atom stereocenters. The van der Waals surface area contributed by atoms with Gasteiger partial charge in [0, 0.05) is 16.7 Å². The van der Waals surface area contributed by atoms with E-state index in [0.717, 1.165) is 37.1 Å². The molecule has 8 heteroatoms. The van der Waals surface area contributed by atoms with E-state index in [9.17, 15) is 18.0 Å². The van der Waals surface area contributed by atoms with Crippen molar-refractivity contribution in [1.29, 1.82) is 0 Å². The molecule has 3 aromatic carbocycles. The van der Waals surface area contributed by atoms with Gasteiger partial charge in [-0.1, -0.05) is 66.7 Å². The standard InChI is InChI=1S/C17H12F3N3O.C9H13N/c18-17(19,20)12-8-4-7-11(16(21)24)15(12)14-9-13(22-23-14)10-5-2-1-3-6-10;10-8-4-7-9-5-2-1-3-6-9/h1-9H,(H2,21,24)(H,22,23);1-3,5-6H,4,7-8,10H2. The molecule has 5 nitrogen and oxygen atoms in total. The van der Waals surface area contributed by atoms with E-state index in [-0.39, 0.29) is 16.8 Å². The molecule has 0 aliphatic heterocycles. The Morgan fingerprint density at radius 2 is 1.56 bits per heavy atom. The number of hydrogen-bond acceptors (Lipinski definition) is 3. The van der Waals surface area contributed by atoms with E-state index < -0.39 is 17.6 Å². The molecular formula is C26H25F3N4O. The van der Waals surface area contributed by atoms with Crippen LogP contribution in [0.1, 0.15) is 27.9 Å². The minimum atomic E-state index is -4.63. The number of halogens is 3. The Bertz CT molecular complexity index is 1210. The number of aryl methyl sites for hydroxylation is 1. The summed E-state index contributed by atoms with van der Waals surface area (Å²) >= 11 is 0. The van der Waals surface area contributed by atoms with Gasteiger partial charge in [0.25, 0.3) is 0 Å². The molecule has 5 N–H and O–H groups in total. The molecule has 4 rings (SSSR count). The van der Waals surface area contributed by atoms with Crippen LogP contribution in [0, 0.1) is 0 Å². The van der Waals surface area contributed by atoms with Gasteiger partial charge in [-0.15, -0.1) is 0 Å². The van der Waals surface area contributed by atoms with Crippen molar-refractivity contribution in [3.8, 4) is 22.5 Å². The molecule has 4 aromatic rings. The van der Waals surface area contributed by atoms with Gasteiger partial charge >= 0.3 is 6.18 Å². The Kier molecular flexibility index (Phi) is 8.21. The number of nitrogens with one attached hydrogen (secondary N) is 1. The molecular weight excluding hydrogens is 441 g/mol. The lowest BCUT2D eigenvalue weighted by Gasteiger charge is -2.14. The summed E-state index contributed by atoms with van der Waals surface area (Å²) in [5.41, 5.74) is 11.8. The fourth-order valence-corrected chi connectivity index (χ4v) is 3.44. The summed E-state index contributed by atoms with van der Waals surface area (Å²) in [6.07, 6.45) is -2.43. The van der Waals surface area contributed by atoms with Crippen LogP contribution in [0.3, 0.4) is 0 Å². The van der Waals surface area contributed by atoms with E-state index in [1.807, 2.05) is 12.1 Å². The number of carbonyl (C=O) groups is 1. The second-order valence-corrected chi connectivity index (χ2v) is 7.50. The molecule has 0 saturated carbocycles. The first-order chi connectivity index (χ1) is 16.3. The van der Waals surface area contributed by atoms with Gasteiger partial charge in [-0.25, -0.2) is 0 Å². The fourth-order valence-electron chi connectivity index (χ4n) is 3.44. The number of primary amides is 1. The number of aromatic amines is 1. The van der Waals surface area contributed by atoms with Gasteiger partial charge in [-0.2, -0.15) is 18.3 Å². The Labute approximate surface area is 195 Å². The zero-order valence-electron chi connectivity index (χ0n) is 18.3. The molecule has 0 radical (unpaired) electrons. The summed E-state index contributed by atoms with van der Waals surface area (Å²) in [7, 11) is 0. The van der Waals surface area contributed by atoms with E-state index in [2.05, 4.69) is 34.5 Å². The largest absolute Gasteiger partial charge is 0.417 e. The van der Waals surface area contributed by atoms with Crippen LogP contribution in [-0.4, -0.2) is 22.6 Å². The molecule has 1 aromatic heterocycles. The number of hydrogen-bond donors (Lipinski definition) is 3. The van der Waals surface area contributed by atoms with Gasteiger partial charge in [0.15, 0.2) is 0 Å². The molecule has 1 heterocycles. The topological polar surface area (TPSA) is 97.8 Å². The van der Waals surface area contributed by atoms with Crippen molar-refractivity contribution in [2.24, 2.45) is 11.5 Å². The highest BCUT2D eigenvalue weighted by atomic mass is 19.4. The average molecular weight is 467 g/mol. The summed E-state index contributed by atoms with van der Waals surface area (Å²) in [6.45, 7) is 0.787. The number of nitrogens with two attached hydrogens (primary N) is 2. The molecule has 0 fully saturated rings. The van der Waals surface area contributed by atoms with Crippen molar-refractivity contribution >= 4 is 5.91 Å². The Hall–Kier alpha value is -3.91. The second-order valence-electron chi connectivity index (χ2n) is 7.50. The van der Waals surface area contributed by atoms with Crippen LogP contribution in [0.15, 0.2) is 84.9 Å². The van der Waals surface area contributed by atoms with Crippen LogP contribution in [0.4, 0.5) is 13.2 Å². The SMILES string of the molecule is NC(=O)c1cccc(C(F)(F)F)c1-c1cc(-c2ccccc2)n[nH]1.NCCCc1ccccc1. The first kappa shape index (κ1) is 24.7. The molecule has 0 spiro atoms. The summed E-state index contributed by atoms with van der Waals surface area (Å²) in [5.74, 6) is -0.938. The van der Waals surface area contributed by atoms with Gasteiger partial charge in [0.05, 0.1) is 17.0 Å². The predicted molar refractivity (Wildman–Crippen MR) is 127 cm³/mol. The molecule has 176 valence electrons. The highest BCUT2D eigenvalue weighted by Gasteiger charge is 2.35. The maximum Gasteiger partial charge on any atom is 0.417 e. The lowest BCUT2D eigenvalue weighted by Crippen LogP contribution is -2.16. The van der Waals surface area contributed by atoms with Gasteiger partial charge in [0.2, 0.25) is 5.91 Å². The number of rotatable bonds is 6. The third kappa shape index (κ3) is 6.32. The zero-order chi connectivity index (χ0) is 24.6. The van der Waals surface area contributed by atoms with Gasteiger partial charge in [0.1, 0.15) is 0 Å². The number of carbonyl (C=O) groups excluding carboxylic acids is 1. The number of amides is 1. The second kappa shape index (κ2) is 11.3. The Morgan fingerprint density at radius 3 is 2.15 bits per heavy atom. The van der Waals surface area contributed by atoms with Crippen LogP contribution >= 0.6 is 0 Å². The fraction of sp³-hybridized carbons (Fsp3) is 0.154. The van der Waals surface area contributed by atoms with Gasteiger partial charge in [-0.05, 0) is 43.1 Å². The van der Waals surface area contributed by atoms with Crippen molar-refractivity contribution in [3.05, 3.63) is 102 Å². The number of H-pyrrole nitrogens is 1. The number of aromatic nitrogens is 2. The molecule has 0 aliphatic carbocycles. The highest BCUT2D eigenvalue weighted by molar-refractivity contribution is 6.00. The molecule has 0 atom stereocenters. The summed E-state index contributed by atoms with van der Waals surface area (Å²) in [6, 6.07) is 24.2. The molecule has 0 aliphatic rings. The van der Waals surface area contributed by atoms with Crippen LogP contribution < -0.4 is 11.5 Å². The number of nitrogens with zero attached hydrogens (tertiary/aromatic N) is 1. The minimum Gasteiger partial charge on any atom is -0.366 e. The third-order valence-corrected chi connectivity index (χ3v) is 5.06. The summed E-state index contributed by atoms with van der Waals surface area (Å²) < 4.78 is 40.0. The van der Waals surface area contributed by atoms with E-state index in [0.29, 0.717) is 5.69 Å². The van der Waals surface area contributed by atoms with Crippen LogP contribution in [0.5, 0.6) is 0 Å². The molecule has 0 bridgehead atoms. The smallest absolute Gasteiger partial charge is 0.366 e. The van der Waals surface area contributed by atoms with Crippen molar-refractivity contribution in [1.82, 2.24) is 10.2 Å². The van der Waals surface area contributed by atoms with Crippen molar-refractivity contribution in [3.63, 3.8) is 0 Å². The maximum absolute atomic E-state index is 13.3. The first-order valence-electron chi connectivity index (χ1n) is 10.7. The Balaban J connectivity index is 0.000000271. The number of benzene rings is 3. The average Bonchev–Trinajstić information content (AvgIpc) is 3.33. The Morgan fingerprint density at radius 1 is 0.912 bits per heavy atom. The highest BCUT2D eigenvalue weighted by Crippen LogP contribution is 2.39. The van der Waals surface area contributed by atoms with E-state index in [1.165, 1.54) is 17.7 Å². The minimum absolute atomic E-state index is 0.0792. The van der Waals surface area contributed by atoms with Gasteiger partial charge < -0.3 is 11.5 Å². The van der Waals surface area contributed by atoms with Crippen LogP contribution in [0.2, 0.25) is 0 Å². The quantitative estimate of drug-likeness (QED) is 0.353. The third-order valence-electron chi connectivity index (χ3n) is 5.06. The predicted octanol–water partition coefficient (Wildman–Crippen LogP) is 5.44. The molecule has 0 saturated heterocycles. The molecule has 34 heavy (non-hydrogen) atoms. The molecule has 1 amide bonds. The summed E-state index contributed by atoms with van der Waals surface area (Å²) in [5, 5.41) is 6.61. The summed E-state index contributed by atoms with van der Waals surface area (Å²) in [4.78, 5) is 11.6. The van der Waals surface area contributed by atoms with Crippen LogP contribution in [0.25, 0.3) is 22.5 Å². The van der Waals surface area contributed by atoms with E-state index in [4.69, 9.17) is 11.5 Å². The zero-order valence-corrected chi connectivity index (χ0v) is 18.3. The van der Waals surface area contributed by atoms with Crippen molar-refractivity contribution < 1.29 is 18.0 Å².